The summed E-state index contributed by atoms with van der Waals surface area (Å²) in [6.45, 7) is 5.85. The van der Waals surface area contributed by atoms with Crippen LogP contribution in [0.25, 0.3) is 21.9 Å². The molecule has 312 valence electrons. The number of imidazole rings is 1. The third-order valence-electron chi connectivity index (χ3n) is 8.95. The van der Waals surface area contributed by atoms with Gasteiger partial charge < -0.3 is 47.8 Å². The van der Waals surface area contributed by atoms with Crippen molar-refractivity contribution in [1.82, 2.24) is 35.8 Å². The lowest BCUT2D eigenvalue weighted by atomic mass is 10.0. The fraction of sp³-hybridized carbons (Fsp3) is 0.421. The largest absolute Gasteiger partial charge is 0.444 e. The summed E-state index contributed by atoms with van der Waals surface area (Å²) in [7, 11) is 0. The molecule has 0 saturated carbocycles. The van der Waals surface area contributed by atoms with Crippen LogP contribution < -0.4 is 49.7 Å². The van der Waals surface area contributed by atoms with Gasteiger partial charge in [0.25, 0.3) is 0 Å². The van der Waals surface area contributed by atoms with E-state index in [1.807, 2.05) is 24.3 Å². The number of aliphatic imine (C=N–C) groups is 1. The lowest BCUT2D eigenvalue weighted by Gasteiger charge is -2.25. The fourth-order valence-corrected chi connectivity index (χ4v) is 6.06. The number of alkyl carbamates (subject to hydrolysis) is 1. The third-order valence-corrected chi connectivity index (χ3v) is 8.95. The predicted octanol–water partition coefficient (Wildman–Crippen LogP) is 1.65. The molecule has 0 radical (unpaired) electrons. The number of aromatic nitrogens is 3. The van der Waals surface area contributed by atoms with Crippen molar-refractivity contribution in [2.75, 3.05) is 30.7 Å². The van der Waals surface area contributed by atoms with Crippen LogP contribution in [0.15, 0.2) is 53.5 Å². The second-order valence-electron chi connectivity index (χ2n) is 13.7. The molecule has 4 aromatic rings. The first-order valence-corrected chi connectivity index (χ1v) is 18.9. The Morgan fingerprint density at radius 1 is 0.948 bits per heavy atom. The number of nitrogen functional groups attached to an aromatic ring is 1. The maximum absolute atomic E-state index is 13.3. The second kappa shape index (κ2) is 21.7. The number of fused-ring (bicyclic) bond motifs is 3. The predicted molar refractivity (Wildman–Crippen MR) is 219 cm³/mol. The Hall–Kier alpha value is -6.54. The van der Waals surface area contributed by atoms with Crippen molar-refractivity contribution in [2.24, 2.45) is 28.3 Å². The van der Waals surface area contributed by atoms with Gasteiger partial charge in [0, 0.05) is 30.6 Å². The number of benzene rings is 2. The number of nitrogens with one attached hydrogen (secondary N) is 5. The monoisotopic (exact) mass is 803 g/mol. The summed E-state index contributed by atoms with van der Waals surface area (Å²) >= 11 is 0. The molecule has 0 aliphatic heterocycles. The molecule has 58 heavy (non-hydrogen) atoms. The molecule has 0 fully saturated rings. The number of guanidine groups is 1. The smallest absolute Gasteiger partial charge is 0.414 e. The molecule has 20 heteroatoms. The minimum Gasteiger partial charge on any atom is -0.444 e. The summed E-state index contributed by atoms with van der Waals surface area (Å²) in [6.07, 6.45) is 2.32. The van der Waals surface area contributed by atoms with Gasteiger partial charge in [-0.15, -0.1) is 0 Å². The Morgan fingerprint density at radius 3 is 2.38 bits per heavy atom. The van der Waals surface area contributed by atoms with E-state index in [9.17, 15) is 24.0 Å². The van der Waals surface area contributed by atoms with Gasteiger partial charge in [-0.25, -0.2) is 25.5 Å². The van der Waals surface area contributed by atoms with Gasteiger partial charge in [-0.05, 0) is 48.9 Å². The zero-order valence-electron chi connectivity index (χ0n) is 32.9. The average Bonchev–Trinajstić information content (AvgIpc) is 3.55. The Kier molecular flexibility index (Phi) is 16.5. The SMILES string of the molecule is CCCCc1nc2c(N)nc3ccccc3c2n1CCN=C(N)NC(=O)OCc1ccc(NC(=O)[C@H](CCCNC(N)=O)NC(=O)[C@@H](NC(=O)CON)C(C)C)cc1. The van der Waals surface area contributed by atoms with Crippen LogP contribution in [0, 0.1) is 5.92 Å². The van der Waals surface area contributed by atoms with Gasteiger partial charge >= 0.3 is 12.1 Å². The number of pyridine rings is 1. The number of urea groups is 1. The summed E-state index contributed by atoms with van der Waals surface area (Å²) in [5.74, 6) is 4.00. The van der Waals surface area contributed by atoms with Gasteiger partial charge in [0.15, 0.2) is 11.8 Å². The van der Waals surface area contributed by atoms with Crippen LogP contribution in [-0.4, -0.2) is 82.1 Å². The van der Waals surface area contributed by atoms with Crippen LogP contribution in [0.2, 0.25) is 0 Å². The van der Waals surface area contributed by atoms with Crippen molar-refractivity contribution >= 4 is 69.2 Å². The first kappa shape index (κ1) is 44.2. The van der Waals surface area contributed by atoms with Crippen LogP contribution in [0.1, 0.15) is 57.8 Å². The van der Waals surface area contributed by atoms with E-state index >= 15 is 0 Å². The first-order chi connectivity index (χ1) is 27.8. The van der Waals surface area contributed by atoms with Gasteiger partial charge in [-0.3, -0.25) is 29.5 Å². The molecule has 0 aliphatic rings. The van der Waals surface area contributed by atoms with Gasteiger partial charge in [0.05, 0.1) is 17.6 Å². The zero-order chi connectivity index (χ0) is 42.2. The normalized spacial score (nSPS) is 12.5. The topological polar surface area (TPSA) is 311 Å². The van der Waals surface area contributed by atoms with E-state index in [0.29, 0.717) is 35.6 Å². The summed E-state index contributed by atoms with van der Waals surface area (Å²) in [5.41, 5.74) is 20.7. The quantitative estimate of drug-likeness (QED) is 0.0267. The average molecular weight is 804 g/mol. The number of carbonyl (C=O) groups is 5. The molecule has 0 aliphatic carbocycles. The molecular formula is C38H53N13O7. The second-order valence-corrected chi connectivity index (χ2v) is 13.7. The summed E-state index contributed by atoms with van der Waals surface area (Å²) in [5, 5.41) is 13.8. The van der Waals surface area contributed by atoms with E-state index in [1.54, 1.807) is 38.1 Å². The van der Waals surface area contributed by atoms with Crippen molar-refractivity contribution in [1.29, 1.82) is 0 Å². The summed E-state index contributed by atoms with van der Waals surface area (Å²) < 4.78 is 7.41. The molecule has 2 aromatic carbocycles. The van der Waals surface area contributed by atoms with E-state index in [-0.39, 0.29) is 38.0 Å². The van der Waals surface area contributed by atoms with Crippen molar-refractivity contribution in [3.05, 3.63) is 59.9 Å². The minimum absolute atomic E-state index is 0.110. The van der Waals surface area contributed by atoms with Gasteiger partial charge in [-0.2, -0.15) is 0 Å². The molecule has 20 nitrogen and oxygen atoms in total. The van der Waals surface area contributed by atoms with E-state index in [2.05, 4.69) is 52.9 Å². The van der Waals surface area contributed by atoms with Crippen LogP contribution in [0.3, 0.4) is 0 Å². The Morgan fingerprint density at radius 2 is 1.69 bits per heavy atom. The maximum Gasteiger partial charge on any atom is 0.414 e. The van der Waals surface area contributed by atoms with Crippen LogP contribution >= 0.6 is 0 Å². The van der Waals surface area contributed by atoms with Gasteiger partial charge in [0.2, 0.25) is 17.7 Å². The number of unbranched alkanes of at least 4 members (excludes halogenated alkanes) is 1. The van der Waals surface area contributed by atoms with E-state index < -0.39 is 48.5 Å². The lowest BCUT2D eigenvalue weighted by Crippen LogP contribution is -2.55. The number of primary amides is 1. The van der Waals surface area contributed by atoms with Crippen LogP contribution in [-0.2, 0) is 43.5 Å². The Balaban J connectivity index is 1.32. The summed E-state index contributed by atoms with van der Waals surface area (Å²) in [6, 6.07) is 11.5. The van der Waals surface area contributed by atoms with E-state index in [1.165, 1.54) is 0 Å². The molecule has 0 saturated heterocycles. The standard InChI is InChI=1S/C38H53N13O7/c1-4-5-12-28-48-31-32(25-9-6-7-10-26(25)46-33(31)39)51(28)19-18-43-36(40)50-38(56)57-20-23-13-15-24(16-14-23)45-34(53)27(11-8-17-44-37(41)55)47-35(54)30(22(2)3)49-29(52)21-58-42/h6-7,9-10,13-16,22,27,30H,4-5,8,11-12,17-21,42H2,1-3H3,(H2,39,46)(H,45,53)(H,47,54)(H,49,52)(H3,41,44,55)(H3,40,43,50,56)/t27-,30-/m0/s1. The molecule has 6 amide bonds. The molecule has 0 bridgehead atoms. The minimum atomic E-state index is -1.04. The van der Waals surface area contributed by atoms with Crippen LogP contribution in [0.4, 0.5) is 21.1 Å². The molecule has 13 N–H and O–H groups in total. The number of amides is 6. The third kappa shape index (κ3) is 12.7. The number of anilines is 2. The van der Waals surface area contributed by atoms with Crippen molar-refractivity contribution in [3.63, 3.8) is 0 Å². The highest BCUT2D eigenvalue weighted by molar-refractivity contribution is 6.06. The van der Waals surface area contributed by atoms with Crippen molar-refractivity contribution < 1.29 is 33.5 Å². The fourth-order valence-electron chi connectivity index (χ4n) is 6.06. The molecular weight excluding hydrogens is 751 g/mol. The Labute approximate surface area is 335 Å². The highest BCUT2D eigenvalue weighted by Gasteiger charge is 2.29. The van der Waals surface area contributed by atoms with Crippen molar-refractivity contribution in [3.8, 4) is 0 Å². The molecule has 2 atom stereocenters. The van der Waals surface area contributed by atoms with Crippen LogP contribution in [0.5, 0.6) is 0 Å². The number of nitrogens with two attached hydrogens (primary N) is 4. The van der Waals surface area contributed by atoms with Gasteiger partial charge in [0.1, 0.15) is 36.6 Å². The number of hydrogen-bond donors (Lipinski definition) is 9. The number of nitrogens with zero attached hydrogens (tertiary/aromatic N) is 4. The zero-order valence-corrected chi connectivity index (χ0v) is 32.9. The number of carbonyl (C=O) groups excluding carboxylic acids is 5. The molecule has 0 unspecified atom stereocenters. The molecule has 2 heterocycles. The van der Waals surface area contributed by atoms with E-state index in [4.69, 9.17) is 32.8 Å². The number of ether oxygens (including phenoxy) is 1. The molecule has 2 aromatic heterocycles. The van der Waals surface area contributed by atoms with Gasteiger partial charge in [-0.1, -0.05) is 57.5 Å². The Bertz CT molecular complexity index is 2090. The molecule has 0 spiro atoms. The number of hydrogen-bond acceptors (Lipinski definition) is 12. The molecule has 4 rings (SSSR count). The van der Waals surface area contributed by atoms with Crippen molar-refractivity contribution in [2.45, 2.75) is 78.1 Å². The lowest BCUT2D eigenvalue weighted by molar-refractivity contribution is -0.133. The first-order valence-electron chi connectivity index (χ1n) is 18.9. The summed E-state index contributed by atoms with van der Waals surface area (Å²) in [4.78, 5) is 80.3. The maximum atomic E-state index is 13.3. The number of para-hydroxylation sites is 1. The number of rotatable bonds is 20. The number of aryl methyl sites for hydroxylation is 1. The van der Waals surface area contributed by atoms with E-state index in [0.717, 1.165) is 41.5 Å². The highest BCUT2D eigenvalue weighted by Crippen LogP contribution is 2.29. The highest BCUT2D eigenvalue weighted by atomic mass is 16.6.